The van der Waals surface area contributed by atoms with E-state index in [4.69, 9.17) is 16.6 Å². The fourth-order valence-electron chi connectivity index (χ4n) is 6.06. The highest BCUT2D eigenvalue weighted by atomic mass is 16.2. The van der Waals surface area contributed by atoms with E-state index in [9.17, 15) is 4.79 Å². The molecule has 3 aromatic heterocycles. The van der Waals surface area contributed by atoms with Crippen molar-refractivity contribution in [3.8, 4) is 11.1 Å². The normalized spacial score (nSPS) is 17.2. The minimum Gasteiger partial charge on any atom is -0.382 e. The van der Waals surface area contributed by atoms with Crippen LogP contribution in [0.1, 0.15) is 42.9 Å². The van der Waals surface area contributed by atoms with Crippen molar-refractivity contribution in [1.29, 1.82) is 0 Å². The summed E-state index contributed by atoms with van der Waals surface area (Å²) in [7, 11) is 0. The second-order valence-corrected chi connectivity index (χ2v) is 11.0. The third-order valence-corrected chi connectivity index (χ3v) is 8.56. The van der Waals surface area contributed by atoms with E-state index in [1.807, 2.05) is 32.3 Å². The van der Waals surface area contributed by atoms with Crippen LogP contribution in [0.25, 0.3) is 27.5 Å². The molecule has 198 valence electrons. The van der Waals surface area contributed by atoms with Crippen molar-refractivity contribution < 1.29 is 4.79 Å². The Kier molecular flexibility index (Phi) is 5.62. The van der Waals surface area contributed by atoms with Crippen molar-refractivity contribution in [3.05, 3.63) is 78.4 Å². The summed E-state index contributed by atoms with van der Waals surface area (Å²) in [5.41, 5.74) is 18.1. The van der Waals surface area contributed by atoms with Crippen molar-refractivity contribution >= 4 is 28.1 Å². The number of carbonyl (C=O) groups is 1. The standard InChI is InChI=1S/C30H32N8O/c31-18-30(10-11-30)29(39)36-12-8-21(9-13-36)26-15-24(27-28(32)33-19-34-38(26)27)22-6-7-23-17-37(35-25(23)14-22)16-20-4-2-1-3-5-20/h1-7,14-15,17,19,21H,8-13,16,18,31H2,(H2,32,33,34). The number of anilines is 1. The quantitative estimate of drug-likeness (QED) is 0.351. The smallest absolute Gasteiger partial charge is 0.230 e. The molecule has 0 spiro atoms. The SMILES string of the molecule is NCC1(C(=O)N2CCC(c3cc(-c4ccc5cn(Cc6ccccc6)nc5c4)c4c(N)ncnn34)CC2)CC1. The zero-order chi connectivity index (χ0) is 26.6. The number of hydrogen-bond acceptors (Lipinski definition) is 6. The van der Waals surface area contributed by atoms with E-state index in [0.717, 1.165) is 78.6 Å². The van der Waals surface area contributed by atoms with Gasteiger partial charge in [0.2, 0.25) is 5.91 Å². The van der Waals surface area contributed by atoms with Gasteiger partial charge in [0.25, 0.3) is 0 Å². The van der Waals surface area contributed by atoms with Crippen LogP contribution in [0.5, 0.6) is 0 Å². The lowest BCUT2D eigenvalue weighted by Gasteiger charge is -2.34. The fraction of sp³-hybridized carbons (Fsp3) is 0.333. The Hall–Kier alpha value is -4.24. The molecule has 1 saturated carbocycles. The third kappa shape index (κ3) is 4.13. The van der Waals surface area contributed by atoms with Crippen molar-refractivity contribution in [2.45, 2.75) is 38.1 Å². The van der Waals surface area contributed by atoms with Crippen LogP contribution in [-0.2, 0) is 11.3 Å². The molecule has 4 N–H and O–H groups in total. The number of fused-ring (bicyclic) bond motifs is 2. The number of nitrogens with zero attached hydrogens (tertiary/aromatic N) is 6. The molecule has 1 amide bonds. The van der Waals surface area contributed by atoms with Crippen molar-refractivity contribution in [3.63, 3.8) is 0 Å². The van der Waals surface area contributed by atoms with Gasteiger partial charge in [0.05, 0.1) is 17.5 Å². The summed E-state index contributed by atoms with van der Waals surface area (Å²) in [6.07, 6.45) is 7.19. The van der Waals surface area contributed by atoms with Gasteiger partial charge in [0, 0.05) is 48.4 Å². The minimum absolute atomic E-state index is 0.232. The predicted octanol–water partition coefficient (Wildman–Crippen LogP) is 3.82. The first-order valence-corrected chi connectivity index (χ1v) is 13.7. The number of hydrogen-bond donors (Lipinski definition) is 2. The number of piperidine rings is 1. The lowest BCUT2D eigenvalue weighted by Crippen LogP contribution is -2.44. The average Bonchev–Trinajstić information content (AvgIpc) is 3.52. The maximum Gasteiger partial charge on any atom is 0.230 e. The van der Waals surface area contributed by atoms with Gasteiger partial charge in [-0.2, -0.15) is 10.2 Å². The first kappa shape index (κ1) is 23.8. The molecule has 0 unspecified atom stereocenters. The van der Waals surface area contributed by atoms with Crippen LogP contribution in [0.15, 0.2) is 67.1 Å². The van der Waals surface area contributed by atoms with Gasteiger partial charge >= 0.3 is 0 Å². The van der Waals surface area contributed by atoms with Crippen molar-refractivity contribution in [2.75, 3.05) is 25.4 Å². The molecule has 2 fully saturated rings. The summed E-state index contributed by atoms with van der Waals surface area (Å²) in [5.74, 6) is 0.953. The maximum atomic E-state index is 13.0. The van der Waals surface area contributed by atoms with Crippen LogP contribution < -0.4 is 11.5 Å². The topological polar surface area (TPSA) is 120 Å². The molecule has 9 nitrogen and oxygen atoms in total. The maximum absolute atomic E-state index is 13.0. The molecular weight excluding hydrogens is 488 g/mol. The van der Waals surface area contributed by atoms with Gasteiger partial charge in [-0.3, -0.25) is 9.48 Å². The van der Waals surface area contributed by atoms with E-state index in [1.165, 1.54) is 11.9 Å². The number of carbonyl (C=O) groups excluding carboxylic acids is 1. The lowest BCUT2D eigenvalue weighted by atomic mass is 9.91. The first-order valence-electron chi connectivity index (χ1n) is 13.7. The van der Waals surface area contributed by atoms with E-state index in [1.54, 1.807) is 0 Å². The van der Waals surface area contributed by atoms with Crippen LogP contribution in [0.3, 0.4) is 0 Å². The summed E-state index contributed by atoms with van der Waals surface area (Å²) in [6.45, 7) is 2.64. The Morgan fingerprint density at radius 2 is 1.85 bits per heavy atom. The molecule has 9 heteroatoms. The second kappa shape index (κ2) is 9.20. The summed E-state index contributed by atoms with van der Waals surface area (Å²) in [5, 5.41) is 10.5. The van der Waals surface area contributed by atoms with Crippen LogP contribution >= 0.6 is 0 Å². The number of rotatable bonds is 6. The number of aromatic nitrogens is 5. The minimum atomic E-state index is -0.295. The van der Waals surface area contributed by atoms with Gasteiger partial charge in [-0.25, -0.2) is 9.50 Å². The summed E-state index contributed by atoms with van der Waals surface area (Å²) in [6, 6.07) is 18.9. The van der Waals surface area contributed by atoms with E-state index >= 15 is 0 Å². The fourth-order valence-corrected chi connectivity index (χ4v) is 6.06. The van der Waals surface area contributed by atoms with E-state index in [-0.39, 0.29) is 17.2 Å². The number of amides is 1. The molecule has 1 aliphatic heterocycles. The van der Waals surface area contributed by atoms with Crippen LogP contribution in [-0.4, -0.2) is 54.8 Å². The molecule has 2 aromatic carbocycles. The van der Waals surface area contributed by atoms with Crippen LogP contribution in [0.4, 0.5) is 5.82 Å². The summed E-state index contributed by atoms with van der Waals surface area (Å²) in [4.78, 5) is 19.3. The van der Waals surface area contributed by atoms with Gasteiger partial charge in [-0.1, -0.05) is 42.5 Å². The van der Waals surface area contributed by atoms with Gasteiger partial charge in [0.15, 0.2) is 5.82 Å². The van der Waals surface area contributed by atoms with E-state index < -0.39 is 0 Å². The van der Waals surface area contributed by atoms with Crippen LogP contribution in [0.2, 0.25) is 0 Å². The molecule has 5 aromatic rings. The zero-order valence-electron chi connectivity index (χ0n) is 21.8. The lowest BCUT2D eigenvalue weighted by molar-refractivity contribution is -0.137. The molecule has 39 heavy (non-hydrogen) atoms. The molecule has 2 aliphatic rings. The average molecular weight is 521 g/mol. The Morgan fingerprint density at radius 3 is 2.59 bits per heavy atom. The summed E-state index contributed by atoms with van der Waals surface area (Å²) >= 11 is 0. The van der Waals surface area contributed by atoms with Gasteiger partial charge in [0.1, 0.15) is 11.8 Å². The third-order valence-electron chi connectivity index (χ3n) is 8.56. The second-order valence-electron chi connectivity index (χ2n) is 11.0. The summed E-state index contributed by atoms with van der Waals surface area (Å²) < 4.78 is 3.93. The Bertz CT molecular complexity index is 1680. The Balaban J connectivity index is 1.19. The number of nitrogen functional groups attached to an aromatic ring is 1. The van der Waals surface area contributed by atoms with Crippen molar-refractivity contribution in [2.24, 2.45) is 11.1 Å². The largest absolute Gasteiger partial charge is 0.382 e. The zero-order valence-corrected chi connectivity index (χ0v) is 21.8. The molecule has 1 aliphatic carbocycles. The van der Waals surface area contributed by atoms with Gasteiger partial charge in [-0.05, 0) is 48.9 Å². The van der Waals surface area contributed by atoms with Gasteiger partial charge in [-0.15, -0.1) is 0 Å². The Morgan fingerprint density at radius 1 is 1.05 bits per heavy atom. The highest BCUT2D eigenvalue weighted by Crippen LogP contribution is 2.47. The highest BCUT2D eigenvalue weighted by Gasteiger charge is 2.50. The van der Waals surface area contributed by atoms with E-state index in [2.05, 4.69) is 52.7 Å². The predicted molar refractivity (Wildman–Crippen MR) is 151 cm³/mol. The number of nitrogens with two attached hydrogens (primary N) is 2. The van der Waals surface area contributed by atoms with Crippen LogP contribution in [0, 0.1) is 5.41 Å². The number of benzene rings is 2. The van der Waals surface area contributed by atoms with Gasteiger partial charge < -0.3 is 16.4 Å². The molecule has 0 bridgehead atoms. The monoisotopic (exact) mass is 520 g/mol. The van der Waals surface area contributed by atoms with Crippen molar-refractivity contribution in [1.82, 2.24) is 29.3 Å². The molecule has 4 heterocycles. The Labute approximate surface area is 226 Å². The molecule has 1 saturated heterocycles. The molecule has 0 atom stereocenters. The highest BCUT2D eigenvalue weighted by molar-refractivity contribution is 5.92. The molecule has 0 radical (unpaired) electrons. The number of likely N-dealkylation sites (tertiary alicyclic amines) is 1. The molecule has 7 rings (SSSR count). The molecular formula is C30H32N8O. The van der Waals surface area contributed by atoms with E-state index in [0.29, 0.717) is 12.4 Å². The first-order chi connectivity index (χ1) is 19.0.